The predicted octanol–water partition coefficient (Wildman–Crippen LogP) is 3.64. The van der Waals surface area contributed by atoms with E-state index in [0.29, 0.717) is 29.6 Å². The third kappa shape index (κ3) is 6.04. The molecule has 0 bridgehead atoms. The zero-order valence-electron chi connectivity index (χ0n) is 15.2. The first-order valence-electron chi connectivity index (χ1n) is 8.82. The Morgan fingerprint density at radius 2 is 2.17 bits per heavy atom. The summed E-state index contributed by atoms with van der Waals surface area (Å²) in [6, 6.07) is 6.25. The van der Waals surface area contributed by atoms with Gasteiger partial charge in [-0.1, -0.05) is 11.8 Å². The monoisotopic (exact) mass is 443 g/mol. The van der Waals surface area contributed by atoms with E-state index in [4.69, 9.17) is 5.11 Å². The molecule has 1 aliphatic heterocycles. The maximum atomic E-state index is 12.2. The molecular weight excluding hydrogens is 424 g/mol. The number of benzene rings is 1. The number of aromatic carboxylic acids is 1. The number of carbonyl (C=O) groups excluding carboxylic acids is 1. The second-order valence-electron chi connectivity index (χ2n) is 6.22. The van der Waals surface area contributed by atoms with E-state index < -0.39 is 12.6 Å². The lowest BCUT2D eigenvalue weighted by molar-refractivity contribution is -0.128. The van der Waals surface area contributed by atoms with Gasteiger partial charge in [-0.25, -0.2) is 9.78 Å². The Kier molecular flexibility index (Phi) is 7.26. The van der Waals surface area contributed by atoms with Crippen molar-refractivity contribution in [3.63, 3.8) is 0 Å². The Labute approximate surface area is 174 Å². The van der Waals surface area contributed by atoms with E-state index in [1.165, 1.54) is 40.6 Å². The number of carbonyl (C=O) groups is 2. The number of likely N-dealkylation sites (tertiary alicyclic amines) is 1. The molecule has 0 spiro atoms. The van der Waals surface area contributed by atoms with Crippen LogP contribution in [-0.4, -0.2) is 58.4 Å². The van der Waals surface area contributed by atoms with Gasteiger partial charge in [-0.15, -0.1) is 11.3 Å². The first kappa shape index (κ1) is 21.3. The number of aromatic nitrogens is 1. The van der Waals surface area contributed by atoms with Crippen LogP contribution in [0.3, 0.4) is 0 Å². The van der Waals surface area contributed by atoms with E-state index in [2.05, 4.69) is 15.0 Å². The van der Waals surface area contributed by atoms with Crippen LogP contribution in [0.1, 0.15) is 23.3 Å². The number of hydrogen-bond acceptors (Lipinski definition) is 7. The topological polar surface area (TPSA) is 91.8 Å². The Bertz CT molecular complexity index is 848. The molecule has 29 heavy (non-hydrogen) atoms. The van der Waals surface area contributed by atoms with Crippen LogP contribution in [0.15, 0.2) is 34.0 Å². The quantitative estimate of drug-likeness (QED) is 0.542. The molecule has 0 unspecified atom stereocenters. The summed E-state index contributed by atoms with van der Waals surface area (Å²) in [6.07, 6.45) is 1.22. The zero-order valence-corrected chi connectivity index (χ0v) is 16.8. The SMILES string of the molecule is O=C(O)c1csc(SCCN2C(=O)CC[C@@H]2CNc2ccc(OC(F)F)cc2)n1. The van der Waals surface area contributed by atoms with Gasteiger partial charge in [0.15, 0.2) is 10.0 Å². The van der Waals surface area contributed by atoms with Gasteiger partial charge in [0, 0.05) is 42.4 Å². The largest absolute Gasteiger partial charge is 0.476 e. The van der Waals surface area contributed by atoms with Gasteiger partial charge in [0.25, 0.3) is 0 Å². The summed E-state index contributed by atoms with van der Waals surface area (Å²) < 4.78 is 29.4. The lowest BCUT2D eigenvalue weighted by atomic mass is 10.2. The average molecular weight is 443 g/mol. The molecule has 1 aromatic carbocycles. The highest BCUT2D eigenvalue weighted by molar-refractivity contribution is 8.01. The van der Waals surface area contributed by atoms with E-state index in [9.17, 15) is 18.4 Å². The fraction of sp³-hybridized carbons (Fsp3) is 0.389. The molecule has 2 N–H and O–H groups in total. The second-order valence-corrected chi connectivity index (χ2v) is 8.42. The van der Waals surface area contributed by atoms with Gasteiger partial charge in [0.1, 0.15) is 5.75 Å². The summed E-state index contributed by atoms with van der Waals surface area (Å²) in [5, 5.41) is 13.6. The number of ether oxygens (including phenoxy) is 1. The van der Waals surface area contributed by atoms with Crippen LogP contribution in [0.2, 0.25) is 0 Å². The Balaban J connectivity index is 1.47. The van der Waals surface area contributed by atoms with Crippen LogP contribution in [-0.2, 0) is 4.79 Å². The van der Waals surface area contributed by atoms with Crippen molar-refractivity contribution in [2.45, 2.75) is 29.8 Å². The Hall–Kier alpha value is -2.40. The van der Waals surface area contributed by atoms with E-state index in [1.807, 2.05) is 4.90 Å². The number of thioether (sulfide) groups is 1. The van der Waals surface area contributed by atoms with Crippen LogP contribution in [0, 0.1) is 0 Å². The first-order chi connectivity index (χ1) is 13.9. The highest BCUT2D eigenvalue weighted by atomic mass is 32.2. The van der Waals surface area contributed by atoms with Gasteiger partial charge in [0.2, 0.25) is 5.91 Å². The zero-order chi connectivity index (χ0) is 20.8. The molecule has 0 radical (unpaired) electrons. The minimum atomic E-state index is -2.86. The number of rotatable bonds is 10. The van der Waals surface area contributed by atoms with E-state index in [1.54, 1.807) is 12.1 Å². The summed E-state index contributed by atoms with van der Waals surface area (Å²) in [7, 11) is 0. The fourth-order valence-corrected chi connectivity index (χ4v) is 4.76. The van der Waals surface area contributed by atoms with Crippen molar-refractivity contribution in [3.8, 4) is 5.75 Å². The molecule has 0 aliphatic carbocycles. The molecule has 1 atom stereocenters. The third-order valence-corrected chi connectivity index (χ3v) is 6.33. The number of hydrogen-bond donors (Lipinski definition) is 2. The molecule has 2 heterocycles. The molecule has 1 aliphatic rings. The minimum absolute atomic E-state index is 0.0294. The number of alkyl halides is 2. The molecule has 1 saturated heterocycles. The number of nitrogens with one attached hydrogen (secondary N) is 1. The fourth-order valence-electron chi connectivity index (χ4n) is 2.96. The number of nitrogens with zero attached hydrogens (tertiary/aromatic N) is 2. The van der Waals surface area contributed by atoms with E-state index >= 15 is 0 Å². The maximum Gasteiger partial charge on any atom is 0.387 e. The molecule has 3 rings (SSSR count). The lowest BCUT2D eigenvalue weighted by Crippen LogP contribution is -2.39. The normalized spacial score (nSPS) is 16.4. The molecule has 11 heteroatoms. The minimum Gasteiger partial charge on any atom is -0.476 e. The van der Waals surface area contributed by atoms with Gasteiger partial charge < -0.3 is 20.1 Å². The molecule has 156 valence electrons. The number of carboxylic acid groups (broad SMARTS) is 1. The van der Waals surface area contributed by atoms with Crippen LogP contribution in [0.4, 0.5) is 14.5 Å². The Morgan fingerprint density at radius 1 is 1.41 bits per heavy atom. The molecular formula is C18H19F2N3O4S2. The summed E-state index contributed by atoms with van der Waals surface area (Å²) >= 11 is 2.70. The average Bonchev–Trinajstić information content (AvgIpc) is 3.29. The first-order valence-corrected chi connectivity index (χ1v) is 10.7. The van der Waals surface area contributed by atoms with Crippen LogP contribution in [0.25, 0.3) is 0 Å². The van der Waals surface area contributed by atoms with Crippen molar-refractivity contribution in [3.05, 3.63) is 35.3 Å². The van der Waals surface area contributed by atoms with Crippen LogP contribution in [0.5, 0.6) is 5.75 Å². The summed E-state index contributed by atoms with van der Waals surface area (Å²) in [5.41, 5.74) is 0.783. The van der Waals surface area contributed by atoms with Gasteiger partial charge >= 0.3 is 12.6 Å². The van der Waals surface area contributed by atoms with Crippen molar-refractivity contribution >= 4 is 40.7 Å². The van der Waals surface area contributed by atoms with Gasteiger partial charge in [-0.3, -0.25) is 4.79 Å². The number of halogens is 2. The van der Waals surface area contributed by atoms with Crippen LogP contribution < -0.4 is 10.1 Å². The van der Waals surface area contributed by atoms with Gasteiger partial charge in [-0.2, -0.15) is 8.78 Å². The number of anilines is 1. The van der Waals surface area contributed by atoms with E-state index in [0.717, 1.165) is 12.1 Å². The maximum absolute atomic E-state index is 12.2. The van der Waals surface area contributed by atoms with Gasteiger partial charge in [0.05, 0.1) is 0 Å². The smallest absolute Gasteiger partial charge is 0.387 e. The van der Waals surface area contributed by atoms with Gasteiger partial charge in [-0.05, 0) is 30.7 Å². The Morgan fingerprint density at radius 3 is 2.83 bits per heavy atom. The van der Waals surface area contributed by atoms with Crippen molar-refractivity contribution in [2.24, 2.45) is 0 Å². The number of thiazole rings is 1. The molecule has 2 aromatic rings. The molecule has 1 fully saturated rings. The van der Waals surface area contributed by atoms with Crippen molar-refractivity contribution < 1.29 is 28.2 Å². The molecule has 1 amide bonds. The van der Waals surface area contributed by atoms with Crippen molar-refractivity contribution in [1.82, 2.24) is 9.88 Å². The molecule has 7 nitrogen and oxygen atoms in total. The number of carboxylic acids is 1. The second kappa shape index (κ2) is 9.88. The summed E-state index contributed by atoms with van der Waals surface area (Å²) in [4.78, 5) is 28.9. The van der Waals surface area contributed by atoms with E-state index in [-0.39, 0.29) is 23.4 Å². The third-order valence-electron chi connectivity index (χ3n) is 4.33. The highest BCUT2D eigenvalue weighted by Crippen LogP contribution is 2.25. The predicted molar refractivity (Wildman–Crippen MR) is 106 cm³/mol. The molecule has 1 aromatic heterocycles. The van der Waals surface area contributed by atoms with Crippen molar-refractivity contribution in [2.75, 3.05) is 24.2 Å². The number of amides is 1. The van der Waals surface area contributed by atoms with Crippen molar-refractivity contribution in [1.29, 1.82) is 0 Å². The summed E-state index contributed by atoms with van der Waals surface area (Å²) in [6.45, 7) is -1.77. The summed E-state index contributed by atoms with van der Waals surface area (Å²) in [5.74, 6) is -0.256. The van der Waals surface area contributed by atoms with Crippen LogP contribution >= 0.6 is 23.1 Å². The molecule has 0 saturated carbocycles. The lowest BCUT2D eigenvalue weighted by Gasteiger charge is -2.25. The standard InChI is InChI=1S/C18H19F2N3O4S2/c19-17(20)27-13-4-1-11(2-5-13)21-9-12-3-6-15(24)23(12)7-8-28-18-22-14(10-29-18)16(25)26/h1-2,4-5,10,12,17,21H,3,6-9H2,(H,25,26)/t12-/m1/s1. The highest BCUT2D eigenvalue weighted by Gasteiger charge is 2.30.